The molecular weight excluding hydrogens is 420 g/mol. The summed E-state index contributed by atoms with van der Waals surface area (Å²) in [4.78, 5) is 20.7. The number of nitrogens with zero attached hydrogens (tertiary/aromatic N) is 2. The number of rotatable bonds is 6. The average molecular weight is 442 g/mol. The van der Waals surface area contributed by atoms with Gasteiger partial charge in [0.2, 0.25) is 0 Å². The van der Waals surface area contributed by atoms with Crippen LogP contribution in [0.5, 0.6) is 23.0 Å². The van der Waals surface area contributed by atoms with E-state index in [-0.39, 0.29) is 17.4 Å². The SMILES string of the molecule is O=[N+]([O-])c1ccc(OC2(Oc3ccc([N+](=O)[O-])c(O)c3)CC3CC2C2CCCC32)cc1O. The fourth-order valence-corrected chi connectivity index (χ4v) is 6.13. The molecule has 168 valence electrons. The Kier molecular flexibility index (Phi) is 4.61. The van der Waals surface area contributed by atoms with Crippen molar-refractivity contribution in [2.24, 2.45) is 23.7 Å². The second-order valence-electron chi connectivity index (χ2n) is 8.90. The van der Waals surface area contributed by atoms with Crippen LogP contribution in [0.4, 0.5) is 11.4 Å². The minimum Gasteiger partial charge on any atom is -0.502 e. The average Bonchev–Trinajstić information content (AvgIpc) is 3.40. The van der Waals surface area contributed by atoms with Gasteiger partial charge in [-0.1, -0.05) is 6.42 Å². The van der Waals surface area contributed by atoms with Crippen LogP contribution in [0.3, 0.4) is 0 Å². The molecule has 0 amide bonds. The van der Waals surface area contributed by atoms with E-state index < -0.39 is 38.5 Å². The molecule has 3 fully saturated rings. The summed E-state index contributed by atoms with van der Waals surface area (Å²) in [6, 6.07) is 7.62. The Morgan fingerprint density at radius 1 is 0.875 bits per heavy atom. The Morgan fingerprint density at radius 3 is 1.91 bits per heavy atom. The van der Waals surface area contributed by atoms with Crippen molar-refractivity contribution in [3.8, 4) is 23.0 Å². The summed E-state index contributed by atoms with van der Waals surface area (Å²) in [5.74, 6) is -0.109. The number of phenols is 2. The lowest BCUT2D eigenvalue weighted by Crippen LogP contribution is -2.51. The van der Waals surface area contributed by atoms with Gasteiger partial charge in [-0.25, -0.2) is 0 Å². The van der Waals surface area contributed by atoms with Gasteiger partial charge in [-0.2, -0.15) is 0 Å². The molecule has 0 saturated heterocycles. The first kappa shape index (κ1) is 20.3. The van der Waals surface area contributed by atoms with Crippen molar-refractivity contribution in [2.45, 2.75) is 37.9 Å². The molecule has 0 aromatic heterocycles. The molecule has 4 atom stereocenters. The number of phenolic OH excluding ortho intramolecular Hbond substituents is 2. The minimum atomic E-state index is -1.10. The Hall–Kier alpha value is -3.56. The summed E-state index contributed by atoms with van der Waals surface area (Å²) in [7, 11) is 0. The van der Waals surface area contributed by atoms with E-state index in [9.17, 15) is 30.4 Å². The van der Waals surface area contributed by atoms with Crippen LogP contribution in [0.1, 0.15) is 32.1 Å². The fraction of sp³-hybridized carbons (Fsp3) is 0.455. The summed E-state index contributed by atoms with van der Waals surface area (Å²) in [5.41, 5.74) is -0.840. The molecule has 3 aliphatic carbocycles. The topological polar surface area (TPSA) is 145 Å². The van der Waals surface area contributed by atoms with E-state index in [1.165, 1.54) is 42.8 Å². The lowest BCUT2D eigenvalue weighted by molar-refractivity contribution is -0.386. The van der Waals surface area contributed by atoms with Gasteiger partial charge in [0, 0.05) is 36.6 Å². The molecule has 32 heavy (non-hydrogen) atoms. The van der Waals surface area contributed by atoms with Gasteiger partial charge in [0.05, 0.1) is 9.85 Å². The molecule has 3 saturated carbocycles. The van der Waals surface area contributed by atoms with Crippen LogP contribution in [0.25, 0.3) is 0 Å². The molecule has 2 N–H and O–H groups in total. The highest BCUT2D eigenvalue weighted by molar-refractivity contribution is 5.51. The third kappa shape index (κ3) is 3.17. The van der Waals surface area contributed by atoms with Crippen LogP contribution >= 0.6 is 0 Å². The van der Waals surface area contributed by atoms with E-state index in [2.05, 4.69) is 0 Å². The molecule has 10 heteroatoms. The van der Waals surface area contributed by atoms with Crippen LogP contribution in [-0.4, -0.2) is 25.8 Å². The van der Waals surface area contributed by atoms with Crippen LogP contribution in [-0.2, 0) is 0 Å². The van der Waals surface area contributed by atoms with E-state index in [0.717, 1.165) is 19.3 Å². The van der Waals surface area contributed by atoms with Gasteiger partial charge in [0.15, 0.2) is 11.5 Å². The number of hydrogen-bond donors (Lipinski definition) is 2. The zero-order valence-electron chi connectivity index (χ0n) is 17.0. The predicted molar refractivity (Wildman–Crippen MR) is 111 cm³/mol. The first-order valence-electron chi connectivity index (χ1n) is 10.6. The maximum atomic E-state index is 11.0. The Morgan fingerprint density at radius 2 is 1.41 bits per heavy atom. The van der Waals surface area contributed by atoms with E-state index in [0.29, 0.717) is 24.2 Å². The Bertz CT molecular complexity index is 1040. The zero-order chi connectivity index (χ0) is 22.6. The highest BCUT2D eigenvalue weighted by Crippen LogP contribution is 2.63. The first-order chi connectivity index (χ1) is 15.3. The van der Waals surface area contributed by atoms with Crippen molar-refractivity contribution < 1.29 is 29.5 Å². The van der Waals surface area contributed by atoms with Gasteiger partial charge in [0.1, 0.15) is 11.5 Å². The summed E-state index contributed by atoms with van der Waals surface area (Å²) in [5, 5.41) is 42.2. The van der Waals surface area contributed by atoms with Crippen LogP contribution in [0, 0.1) is 43.9 Å². The van der Waals surface area contributed by atoms with Gasteiger partial charge >= 0.3 is 11.4 Å². The number of nitro groups is 2. The summed E-state index contributed by atoms with van der Waals surface area (Å²) in [6.07, 6.45) is 4.91. The molecule has 4 unspecified atom stereocenters. The Balaban J connectivity index is 1.50. The molecule has 10 nitrogen and oxygen atoms in total. The predicted octanol–water partition coefficient (Wildman–Crippen LogP) is 4.52. The second-order valence-corrected chi connectivity index (χ2v) is 8.90. The molecule has 0 heterocycles. The summed E-state index contributed by atoms with van der Waals surface area (Å²) < 4.78 is 12.6. The summed E-state index contributed by atoms with van der Waals surface area (Å²) in [6.45, 7) is 0. The number of fused-ring (bicyclic) bond motifs is 5. The monoisotopic (exact) mass is 442 g/mol. The molecule has 0 aliphatic heterocycles. The normalized spacial score (nSPS) is 27.1. The van der Waals surface area contributed by atoms with E-state index in [1.807, 2.05) is 0 Å². The maximum absolute atomic E-state index is 11.0. The van der Waals surface area contributed by atoms with Crippen molar-refractivity contribution in [1.82, 2.24) is 0 Å². The van der Waals surface area contributed by atoms with Gasteiger partial charge in [-0.3, -0.25) is 20.2 Å². The van der Waals surface area contributed by atoms with Crippen molar-refractivity contribution in [3.05, 3.63) is 56.6 Å². The summed E-state index contributed by atoms with van der Waals surface area (Å²) >= 11 is 0. The van der Waals surface area contributed by atoms with Gasteiger partial charge in [-0.15, -0.1) is 0 Å². The largest absolute Gasteiger partial charge is 0.502 e. The van der Waals surface area contributed by atoms with Crippen LogP contribution in [0.15, 0.2) is 36.4 Å². The zero-order valence-corrected chi connectivity index (χ0v) is 17.0. The van der Waals surface area contributed by atoms with Crippen molar-refractivity contribution in [3.63, 3.8) is 0 Å². The smallest absolute Gasteiger partial charge is 0.310 e. The van der Waals surface area contributed by atoms with Gasteiger partial charge in [0.25, 0.3) is 5.79 Å². The van der Waals surface area contributed by atoms with Gasteiger partial charge < -0.3 is 19.7 Å². The van der Waals surface area contributed by atoms with Crippen molar-refractivity contribution in [1.29, 1.82) is 0 Å². The molecule has 5 rings (SSSR count). The molecule has 2 aromatic rings. The lowest BCUT2D eigenvalue weighted by Gasteiger charge is -2.42. The molecule has 2 aromatic carbocycles. The first-order valence-corrected chi connectivity index (χ1v) is 10.6. The van der Waals surface area contributed by atoms with Crippen molar-refractivity contribution in [2.75, 3.05) is 0 Å². The quantitative estimate of drug-likeness (QED) is 0.377. The molecule has 0 radical (unpaired) electrons. The van der Waals surface area contributed by atoms with E-state index >= 15 is 0 Å². The third-order valence-electron chi connectivity index (χ3n) is 7.28. The Labute approximate surface area is 182 Å². The third-order valence-corrected chi connectivity index (χ3v) is 7.28. The highest BCUT2D eigenvalue weighted by Gasteiger charge is 2.64. The number of ether oxygens (including phenoxy) is 2. The number of benzene rings is 2. The standard InChI is InChI=1S/C22H22N2O8/c25-20-9-13(4-6-18(20)23(27)28)31-22(11-12-8-17(22)16-3-1-2-15(12)16)32-14-5-7-19(24(29)30)21(26)10-14/h4-7,9-10,12,15-17,25-26H,1-3,8,11H2. The van der Waals surface area contributed by atoms with Crippen LogP contribution in [0.2, 0.25) is 0 Å². The van der Waals surface area contributed by atoms with E-state index in [1.54, 1.807) is 0 Å². The van der Waals surface area contributed by atoms with Crippen LogP contribution < -0.4 is 9.47 Å². The van der Waals surface area contributed by atoms with Crippen molar-refractivity contribution >= 4 is 11.4 Å². The molecule has 3 aliphatic rings. The molecular formula is C22H22N2O8. The maximum Gasteiger partial charge on any atom is 0.310 e. The number of hydrogen-bond acceptors (Lipinski definition) is 8. The van der Waals surface area contributed by atoms with E-state index in [4.69, 9.17) is 9.47 Å². The molecule has 0 spiro atoms. The minimum absolute atomic E-state index is 0.0645. The number of aromatic hydroxyl groups is 2. The second kappa shape index (κ2) is 7.25. The lowest BCUT2D eigenvalue weighted by atomic mass is 9.78. The van der Waals surface area contributed by atoms with Gasteiger partial charge in [-0.05, 0) is 49.1 Å². The number of nitro benzene ring substituents is 2. The highest BCUT2D eigenvalue weighted by atomic mass is 16.7. The fourth-order valence-electron chi connectivity index (χ4n) is 6.13. The molecule has 2 bridgehead atoms.